The van der Waals surface area contributed by atoms with Crippen molar-refractivity contribution in [1.82, 2.24) is 15.3 Å². The molecule has 0 aliphatic rings. The molecule has 0 radical (unpaired) electrons. The number of amides is 1. The van der Waals surface area contributed by atoms with Crippen LogP contribution >= 0.6 is 11.6 Å². The first-order valence-electron chi connectivity index (χ1n) is 4.03. The number of nitrogens with one attached hydrogen (secondary N) is 1. The predicted molar refractivity (Wildman–Crippen MR) is 51.2 cm³/mol. The predicted octanol–water partition coefficient (Wildman–Crippen LogP) is 0.161. The number of hydrogen-bond acceptors (Lipinski definition) is 4. The van der Waals surface area contributed by atoms with Gasteiger partial charge in [-0.15, -0.1) is 0 Å². The largest absolute Gasteiger partial charge is 0.395 e. The topological polar surface area (TPSA) is 75.1 Å². The number of carbonyl (C=O) groups excluding carboxylic acids is 1. The summed E-state index contributed by atoms with van der Waals surface area (Å²) in [6.07, 6.45) is 0. The van der Waals surface area contributed by atoms with Crippen molar-refractivity contribution in [2.24, 2.45) is 0 Å². The van der Waals surface area contributed by atoms with Crippen molar-refractivity contribution in [3.63, 3.8) is 0 Å². The van der Waals surface area contributed by atoms with Gasteiger partial charge in [0.2, 0.25) is 5.28 Å². The maximum Gasteiger partial charge on any atom is 0.270 e. The Hall–Kier alpha value is -1.20. The lowest BCUT2D eigenvalue weighted by Gasteiger charge is -2.03. The van der Waals surface area contributed by atoms with Crippen LogP contribution in [-0.2, 0) is 0 Å². The van der Waals surface area contributed by atoms with E-state index in [1.807, 2.05) is 0 Å². The Labute approximate surface area is 86.1 Å². The minimum Gasteiger partial charge on any atom is -0.395 e. The summed E-state index contributed by atoms with van der Waals surface area (Å²) >= 11 is 5.58. The zero-order chi connectivity index (χ0) is 10.6. The van der Waals surface area contributed by atoms with E-state index in [-0.39, 0.29) is 30.0 Å². The van der Waals surface area contributed by atoms with Gasteiger partial charge < -0.3 is 10.4 Å². The third kappa shape index (κ3) is 2.93. The first-order valence-corrected chi connectivity index (χ1v) is 4.41. The molecule has 0 unspecified atom stereocenters. The van der Waals surface area contributed by atoms with Crippen molar-refractivity contribution in [1.29, 1.82) is 0 Å². The lowest BCUT2D eigenvalue weighted by atomic mass is 10.3. The minimum atomic E-state index is -0.369. The zero-order valence-corrected chi connectivity index (χ0v) is 8.38. The van der Waals surface area contributed by atoms with Crippen LogP contribution in [0.5, 0.6) is 0 Å². The molecule has 1 aromatic heterocycles. The summed E-state index contributed by atoms with van der Waals surface area (Å²) in [7, 11) is 0. The van der Waals surface area contributed by atoms with Crippen LogP contribution in [0.1, 0.15) is 16.2 Å². The van der Waals surface area contributed by atoms with Crippen molar-refractivity contribution in [3.05, 3.63) is 22.7 Å². The second-order valence-corrected chi connectivity index (χ2v) is 2.98. The van der Waals surface area contributed by atoms with Crippen LogP contribution in [-0.4, -0.2) is 34.1 Å². The Bertz CT molecular complexity index is 323. The number of hydrogen-bond donors (Lipinski definition) is 2. The maximum atomic E-state index is 11.3. The number of aryl methyl sites for hydroxylation is 1. The first-order chi connectivity index (χ1) is 6.63. The monoisotopic (exact) mass is 215 g/mol. The molecule has 0 fully saturated rings. The van der Waals surface area contributed by atoms with Crippen LogP contribution in [0.25, 0.3) is 0 Å². The molecule has 0 bridgehead atoms. The van der Waals surface area contributed by atoms with Crippen LogP contribution in [0.15, 0.2) is 6.07 Å². The van der Waals surface area contributed by atoms with Crippen molar-refractivity contribution >= 4 is 17.5 Å². The highest BCUT2D eigenvalue weighted by Crippen LogP contribution is 2.04. The van der Waals surface area contributed by atoms with E-state index in [2.05, 4.69) is 15.3 Å². The Morgan fingerprint density at radius 1 is 1.64 bits per heavy atom. The smallest absolute Gasteiger partial charge is 0.270 e. The summed E-state index contributed by atoms with van der Waals surface area (Å²) in [6, 6.07) is 1.53. The third-order valence-corrected chi connectivity index (χ3v) is 1.63. The van der Waals surface area contributed by atoms with Gasteiger partial charge in [0, 0.05) is 12.2 Å². The fourth-order valence-electron chi connectivity index (χ4n) is 0.909. The maximum absolute atomic E-state index is 11.3. The third-order valence-electron chi connectivity index (χ3n) is 1.46. The molecule has 6 heteroatoms. The van der Waals surface area contributed by atoms with Crippen molar-refractivity contribution in [3.8, 4) is 0 Å². The van der Waals surface area contributed by atoms with Crippen LogP contribution < -0.4 is 5.32 Å². The van der Waals surface area contributed by atoms with Gasteiger partial charge in [-0.25, -0.2) is 9.97 Å². The van der Waals surface area contributed by atoms with E-state index in [0.717, 1.165) is 0 Å². The summed E-state index contributed by atoms with van der Waals surface area (Å²) in [5.74, 6) is -0.369. The molecule has 5 nitrogen and oxygen atoms in total. The fourth-order valence-corrected chi connectivity index (χ4v) is 1.13. The Morgan fingerprint density at radius 2 is 2.36 bits per heavy atom. The van der Waals surface area contributed by atoms with Gasteiger partial charge in [-0.2, -0.15) is 0 Å². The summed E-state index contributed by atoms with van der Waals surface area (Å²) in [4.78, 5) is 18.9. The lowest BCUT2D eigenvalue weighted by molar-refractivity contribution is 0.0939. The van der Waals surface area contributed by atoms with Gasteiger partial charge in [0.05, 0.1) is 6.61 Å². The van der Waals surface area contributed by atoms with Crippen LogP contribution in [0.2, 0.25) is 5.28 Å². The molecule has 2 N–H and O–H groups in total. The Balaban J connectivity index is 2.79. The van der Waals surface area contributed by atoms with Gasteiger partial charge in [0.1, 0.15) is 5.69 Å². The number of aliphatic hydroxyl groups excluding tert-OH is 1. The molecule has 0 aliphatic carbocycles. The highest BCUT2D eigenvalue weighted by Gasteiger charge is 2.08. The van der Waals surface area contributed by atoms with Gasteiger partial charge in [-0.1, -0.05) is 0 Å². The Kier molecular flexibility index (Phi) is 3.79. The number of aliphatic hydroxyl groups is 1. The van der Waals surface area contributed by atoms with Gasteiger partial charge >= 0.3 is 0 Å². The van der Waals surface area contributed by atoms with Crippen molar-refractivity contribution in [2.75, 3.05) is 13.2 Å². The second-order valence-electron chi connectivity index (χ2n) is 2.64. The van der Waals surface area contributed by atoms with Crippen molar-refractivity contribution in [2.45, 2.75) is 6.92 Å². The molecular formula is C8H10ClN3O2. The van der Waals surface area contributed by atoms with E-state index < -0.39 is 0 Å². The fraction of sp³-hybridized carbons (Fsp3) is 0.375. The minimum absolute atomic E-state index is 0.0409. The van der Waals surface area contributed by atoms with Gasteiger partial charge in [0.15, 0.2) is 0 Å². The average Bonchev–Trinajstić information content (AvgIpc) is 2.12. The summed E-state index contributed by atoms with van der Waals surface area (Å²) in [5.41, 5.74) is 0.829. The molecule has 0 saturated carbocycles. The molecule has 0 atom stereocenters. The lowest BCUT2D eigenvalue weighted by Crippen LogP contribution is -2.27. The molecule has 1 aromatic rings. The summed E-state index contributed by atoms with van der Waals surface area (Å²) in [6.45, 7) is 1.80. The number of halogens is 1. The van der Waals surface area contributed by atoms with Crippen LogP contribution in [0, 0.1) is 6.92 Å². The first kappa shape index (κ1) is 10.9. The SMILES string of the molecule is Cc1cc(C(=O)NCCO)nc(Cl)n1. The molecule has 1 amide bonds. The number of carbonyl (C=O) groups is 1. The molecule has 1 heterocycles. The quantitative estimate of drug-likeness (QED) is 0.705. The van der Waals surface area contributed by atoms with E-state index in [1.165, 1.54) is 6.07 Å². The normalized spacial score (nSPS) is 9.93. The van der Waals surface area contributed by atoms with Gasteiger partial charge in [0.25, 0.3) is 5.91 Å². The summed E-state index contributed by atoms with van der Waals surface area (Å²) < 4.78 is 0. The van der Waals surface area contributed by atoms with Crippen LogP contribution in [0.3, 0.4) is 0 Å². The number of rotatable bonds is 3. The van der Waals surface area contributed by atoms with E-state index >= 15 is 0 Å². The van der Waals surface area contributed by atoms with Crippen LogP contribution in [0.4, 0.5) is 0 Å². The molecule has 0 spiro atoms. The number of nitrogens with zero attached hydrogens (tertiary/aromatic N) is 2. The molecule has 0 aromatic carbocycles. The van der Waals surface area contributed by atoms with Gasteiger partial charge in [-0.05, 0) is 24.6 Å². The van der Waals surface area contributed by atoms with Crippen molar-refractivity contribution < 1.29 is 9.90 Å². The van der Waals surface area contributed by atoms with Gasteiger partial charge in [-0.3, -0.25) is 4.79 Å². The second kappa shape index (κ2) is 4.88. The average molecular weight is 216 g/mol. The molecule has 0 aliphatic heterocycles. The Morgan fingerprint density at radius 3 is 2.93 bits per heavy atom. The highest BCUT2D eigenvalue weighted by atomic mass is 35.5. The van der Waals surface area contributed by atoms with E-state index in [4.69, 9.17) is 16.7 Å². The molecule has 14 heavy (non-hydrogen) atoms. The standard InChI is InChI=1S/C8H10ClN3O2/c1-5-4-6(12-8(9)11-5)7(14)10-2-3-13/h4,13H,2-3H2,1H3,(H,10,14). The molecular weight excluding hydrogens is 206 g/mol. The van der Waals surface area contributed by atoms with E-state index in [9.17, 15) is 4.79 Å². The van der Waals surface area contributed by atoms with E-state index in [1.54, 1.807) is 6.92 Å². The highest BCUT2D eigenvalue weighted by molar-refractivity contribution is 6.28. The zero-order valence-electron chi connectivity index (χ0n) is 7.62. The molecule has 76 valence electrons. The molecule has 0 saturated heterocycles. The summed E-state index contributed by atoms with van der Waals surface area (Å²) in [5, 5.41) is 11.0. The number of aromatic nitrogens is 2. The van der Waals surface area contributed by atoms with E-state index in [0.29, 0.717) is 5.69 Å². The molecule has 1 rings (SSSR count).